The number of ether oxygens (including phenoxy) is 1. The van der Waals surface area contributed by atoms with Crippen LogP contribution in [0, 0.1) is 0 Å². The Labute approximate surface area is 132 Å². The highest BCUT2D eigenvalue weighted by Crippen LogP contribution is 2.27. The Morgan fingerprint density at radius 2 is 1.71 bits per heavy atom. The zero-order valence-electron chi connectivity index (χ0n) is 11.1. The van der Waals surface area contributed by atoms with Crippen LogP contribution in [0.3, 0.4) is 0 Å². The van der Waals surface area contributed by atoms with Crippen LogP contribution in [-0.4, -0.2) is 18.2 Å². The molecule has 0 aromatic heterocycles. The van der Waals surface area contributed by atoms with E-state index in [2.05, 4.69) is 5.32 Å². The second-order valence-corrected chi connectivity index (χ2v) is 5.22. The molecule has 2 rings (SSSR count). The fourth-order valence-electron chi connectivity index (χ4n) is 1.88. The lowest BCUT2D eigenvalue weighted by molar-refractivity contribution is -0.138. The van der Waals surface area contributed by atoms with E-state index in [-0.39, 0.29) is 0 Å². The number of methoxy groups -OCH3 is 1. The summed E-state index contributed by atoms with van der Waals surface area (Å²) in [6.45, 7) is 0. The smallest absolute Gasteiger partial charge is 0.330 e. The first-order valence-corrected chi connectivity index (χ1v) is 6.84. The van der Waals surface area contributed by atoms with Crippen LogP contribution in [-0.2, 0) is 4.79 Å². The molecule has 0 aliphatic rings. The summed E-state index contributed by atoms with van der Waals surface area (Å²) in [5.41, 5.74) is 1.13. The molecular formula is C15H13Cl2NO3. The van der Waals surface area contributed by atoms with E-state index in [1.807, 2.05) is 0 Å². The second-order valence-electron chi connectivity index (χ2n) is 4.35. The van der Waals surface area contributed by atoms with Gasteiger partial charge in [0.15, 0.2) is 6.04 Å². The van der Waals surface area contributed by atoms with Gasteiger partial charge < -0.3 is 15.2 Å². The van der Waals surface area contributed by atoms with Gasteiger partial charge in [0.1, 0.15) is 5.75 Å². The largest absolute Gasteiger partial charge is 0.497 e. The van der Waals surface area contributed by atoms with Crippen LogP contribution in [0.4, 0.5) is 5.69 Å². The van der Waals surface area contributed by atoms with Crippen LogP contribution in [0.2, 0.25) is 10.0 Å². The predicted octanol–water partition coefficient (Wildman–Crippen LogP) is 4.24. The molecule has 2 aromatic rings. The number of carbonyl (C=O) groups is 1. The summed E-state index contributed by atoms with van der Waals surface area (Å²) < 4.78 is 5.06. The molecule has 0 heterocycles. The summed E-state index contributed by atoms with van der Waals surface area (Å²) in [4.78, 5) is 11.5. The van der Waals surface area contributed by atoms with E-state index < -0.39 is 12.0 Å². The molecule has 2 aromatic carbocycles. The van der Waals surface area contributed by atoms with Crippen LogP contribution < -0.4 is 10.1 Å². The standard InChI is InChI=1S/C15H13Cl2NO3/c1-21-13-4-2-12(3-5-13)18-14(15(19)20)9-6-10(16)8-11(17)7-9/h2-8,14,18H,1H3,(H,19,20). The number of rotatable bonds is 5. The molecule has 0 saturated heterocycles. The van der Waals surface area contributed by atoms with Gasteiger partial charge in [0.05, 0.1) is 7.11 Å². The van der Waals surface area contributed by atoms with Gasteiger partial charge in [-0.2, -0.15) is 0 Å². The van der Waals surface area contributed by atoms with Gasteiger partial charge in [0.2, 0.25) is 0 Å². The number of nitrogens with one attached hydrogen (secondary N) is 1. The first-order chi connectivity index (χ1) is 9.99. The van der Waals surface area contributed by atoms with Crippen molar-refractivity contribution < 1.29 is 14.6 Å². The van der Waals surface area contributed by atoms with Crippen molar-refractivity contribution in [3.63, 3.8) is 0 Å². The lowest BCUT2D eigenvalue weighted by Crippen LogP contribution is -2.20. The summed E-state index contributed by atoms with van der Waals surface area (Å²) in [5.74, 6) is -0.331. The molecule has 1 atom stereocenters. The quantitative estimate of drug-likeness (QED) is 0.863. The Bertz CT molecular complexity index is 624. The van der Waals surface area contributed by atoms with Gasteiger partial charge in [0, 0.05) is 15.7 Å². The van der Waals surface area contributed by atoms with Crippen molar-refractivity contribution in [1.29, 1.82) is 0 Å². The van der Waals surface area contributed by atoms with Crippen LogP contribution >= 0.6 is 23.2 Å². The number of hydrogen-bond donors (Lipinski definition) is 2. The zero-order chi connectivity index (χ0) is 15.4. The molecule has 6 heteroatoms. The second kappa shape index (κ2) is 6.70. The first kappa shape index (κ1) is 15.5. The van der Waals surface area contributed by atoms with Gasteiger partial charge in [-0.1, -0.05) is 23.2 Å². The average molecular weight is 326 g/mol. The Morgan fingerprint density at radius 3 is 2.19 bits per heavy atom. The van der Waals surface area contributed by atoms with Crippen LogP contribution in [0.5, 0.6) is 5.75 Å². The number of carboxylic acids is 1. The molecule has 0 radical (unpaired) electrons. The molecule has 0 aliphatic heterocycles. The Balaban J connectivity index is 2.28. The van der Waals surface area contributed by atoms with Crippen molar-refractivity contribution in [1.82, 2.24) is 0 Å². The molecule has 0 saturated carbocycles. The molecule has 21 heavy (non-hydrogen) atoms. The highest BCUT2D eigenvalue weighted by atomic mass is 35.5. The molecule has 1 unspecified atom stereocenters. The van der Waals surface area contributed by atoms with Crippen molar-refractivity contribution in [3.05, 3.63) is 58.1 Å². The van der Waals surface area contributed by atoms with E-state index in [4.69, 9.17) is 27.9 Å². The maximum atomic E-state index is 11.5. The Hall–Kier alpha value is -1.91. The monoisotopic (exact) mass is 325 g/mol. The Kier molecular flexibility index (Phi) is 4.94. The highest BCUT2D eigenvalue weighted by Gasteiger charge is 2.20. The van der Waals surface area contributed by atoms with Gasteiger partial charge >= 0.3 is 5.97 Å². The third-order valence-corrected chi connectivity index (χ3v) is 3.30. The third kappa shape index (κ3) is 4.03. The molecular weight excluding hydrogens is 313 g/mol. The van der Waals surface area contributed by atoms with Crippen molar-refractivity contribution in [3.8, 4) is 5.75 Å². The SMILES string of the molecule is COc1ccc(NC(C(=O)O)c2cc(Cl)cc(Cl)c2)cc1. The predicted molar refractivity (Wildman–Crippen MR) is 83.5 cm³/mol. The molecule has 0 fully saturated rings. The number of hydrogen-bond acceptors (Lipinski definition) is 3. The Morgan fingerprint density at radius 1 is 1.14 bits per heavy atom. The summed E-state index contributed by atoms with van der Waals surface area (Å²) in [7, 11) is 1.57. The summed E-state index contributed by atoms with van der Waals surface area (Å²) in [6, 6.07) is 10.7. The van der Waals surface area contributed by atoms with E-state index >= 15 is 0 Å². The molecule has 2 N–H and O–H groups in total. The zero-order valence-corrected chi connectivity index (χ0v) is 12.7. The number of benzene rings is 2. The van der Waals surface area contributed by atoms with Gasteiger partial charge in [-0.05, 0) is 48.0 Å². The lowest BCUT2D eigenvalue weighted by atomic mass is 10.1. The average Bonchev–Trinajstić information content (AvgIpc) is 2.44. The van der Waals surface area contributed by atoms with Crippen molar-refractivity contribution in [2.24, 2.45) is 0 Å². The summed E-state index contributed by atoms with van der Waals surface area (Å²) in [6.07, 6.45) is 0. The van der Waals surface area contributed by atoms with Crippen LogP contribution in [0.25, 0.3) is 0 Å². The molecule has 0 bridgehead atoms. The number of carboxylic acid groups (broad SMARTS) is 1. The van der Waals surface area contributed by atoms with Gasteiger partial charge in [-0.3, -0.25) is 0 Å². The van der Waals surface area contributed by atoms with E-state index in [1.165, 1.54) is 0 Å². The number of aliphatic carboxylic acids is 1. The minimum Gasteiger partial charge on any atom is -0.497 e. The maximum Gasteiger partial charge on any atom is 0.330 e. The minimum absolute atomic E-state index is 0.389. The van der Waals surface area contributed by atoms with E-state index in [9.17, 15) is 9.90 Å². The number of anilines is 1. The summed E-state index contributed by atoms with van der Waals surface area (Å²) >= 11 is 11.8. The summed E-state index contributed by atoms with van der Waals surface area (Å²) in [5, 5.41) is 13.1. The first-order valence-electron chi connectivity index (χ1n) is 6.09. The fraction of sp³-hybridized carbons (Fsp3) is 0.133. The van der Waals surface area contributed by atoms with E-state index in [1.54, 1.807) is 49.6 Å². The van der Waals surface area contributed by atoms with Crippen molar-refractivity contribution >= 4 is 34.9 Å². The van der Waals surface area contributed by atoms with Gasteiger partial charge in [0.25, 0.3) is 0 Å². The van der Waals surface area contributed by atoms with Gasteiger partial charge in [-0.15, -0.1) is 0 Å². The van der Waals surface area contributed by atoms with E-state index in [0.29, 0.717) is 27.0 Å². The number of halogens is 2. The molecule has 110 valence electrons. The molecule has 0 aliphatic carbocycles. The molecule has 4 nitrogen and oxygen atoms in total. The maximum absolute atomic E-state index is 11.5. The van der Waals surface area contributed by atoms with Crippen molar-refractivity contribution in [2.45, 2.75) is 6.04 Å². The molecule has 0 amide bonds. The van der Waals surface area contributed by atoms with Gasteiger partial charge in [-0.25, -0.2) is 4.79 Å². The highest BCUT2D eigenvalue weighted by molar-refractivity contribution is 6.34. The lowest BCUT2D eigenvalue weighted by Gasteiger charge is -2.17. The molecule has 0 spiro atoms. The normalized spacial score (nSPS) is 11.8. The van der Waals surface area contributed by atoms with E-state index in [0.717, 1.165) is 0 Å². The van der Waals surface area contributed by atoms with Crippen molar-refractivity contribution in [2.75, 3.05) is 12.4 Å². The minimum atomic E-state index is -1.02. The van der Waals surface area contributed by atoms with Crippen LogP contribution in [0.15, 0.2) is 42.5 Å². The van der Waals surface area contributed by atoms with Crippen LogP contribution in [0.1, 0.15) is 11.6 Å². The third-order valence-electron chi connectivity index (χ3n) is 2.87. The fourth-order valence-corrected chi connectivity index (χ4v) is 2.43. The topological polar surface area (TPSA) is 58.6 Å².